The average Bonchev–Trinajstić information content (AvgIpc) is 2.78. The van der Waals surface area contributed by atoms with E-state index in [0.717, 1.165) is 16.4 Å². The summed E-state index contributed by atoms with van der Waals surface area (Å²) in [5.74, 6) is -1.45. The van der Waals surface area contributed by atoms with E-state index in [9.17, 15) is 17.6 Å². The molecule has 10 heteroatoms. The van der Waals surface area contributed by atoms with Crippen LogP contribution < -0.4 is 4.74 Å². The van der Waals surface area contributed by atoms with E-state index in [1.165, 1.54) is 37.6 Å². The second-order valence-electron chi connectivity index (χ2n) is 6.80. The fraction of sp³-hybridized carbons (Fsp3) is 0.136. The van der Waals surface area contributed by atoms with Crippen molar-refractivity contribution >= 4 is 16.0 Å². The summed E-state index contributed by atoms with van der Waals surface area (Å²) in [6.45, 7) is -0.589. The van der Waals surface area contributed by atoms with Crippen molar-refractivity contribution in [1.82, 2.24) is 9.29 Å². The predicted molar refractivity (Wildman–Crippen MR) is 113 cm³/mol. The van der Waals surface area contributed by atoms with Crippen LogP contribution in [0.5, 0.6) is 5.75 Å². The summed E-state index contributed by atoms with van der Waals surface area (Å²) in [6, 6.07) is 12.9. The maximum Gasteiger partial charge on any atom is 0.341 e. The molecule has 1 heterocycles. The smallest absolute Gasteiger partial charge is 0.341 e. The highest BCUT2D eigenvalue weighted by Gasteiger charge is 2.21. The molecule has 1 aromatic heterocycles. The van der Waals surface area contributed by atoms with Gasteiger partial charge in [-0.2, -0.15) is 9.57 Å². The van der Waals surface area contributed by atoms with E-state index in [0.29, 0.717) is 22.3 Å². The lowest BCUT2D eigenvalue weighted by Crippen LogP contribution is -2.26. The van der Waals surface area contributed by atoms with Gasteiger partial charge in [-0.05, 0) is 48.0 Å². The van der Waals surface area contributed by atoms with Crippen molar-refractivity contribution in [3.8, 4) is 22.9 Å². The highest BCUT2D eigenvalue weighted by atomic mass is 32.2. The molecule has 0 saturated heterocycles. The molecule has 3 aromatic rings. The minimum Gasteiger partial charge on any atom is -0.481 e. The lowest BCUT2D eigenvalue weighted by Gasteiger charge is -2.19. The molecule has 0 spiro atoms. The third-order valence-electron chi connectivity index (χ3n) is 4.50. The molecule has 0 amide bonds. The number of sulfonamides is 1. The molecule has 0 saturated carbocycles. The highest BCUT2D eigenvalue weighted by Crippen LogP contribution is 2.32. The molecule has 0 aliphatic carbocycles. The number of carboxylic acids is 1. The number of carboxylic acid groups (broad SMARTS) is 1. The number of nitriles is 1. The molecule has 164 valence electrons. The van der Waals surface area contributed by atoms with Crippen LogP contribution in [-0.4, -0.2) is 42.4 Å². The van der Waals surface area contributed by atoms with Gasteiger partial charge in [-0.25, -0.2) is 17.6 Å². The minimum absolute atomic E-state index is 0.0166. The van der Waals surface area contributed by atoms with Gasteiger partial charge in [-0.3, -0.25) is 4.98 Å². The van der Waals surface area contributed by atoms with E-state index in [1.54, 1.807) is 18.2 Å². The van der Waals surface area contributed by atoms with Gasteiger partial charge in [0.15, 0.2) is 6.61 Å². The number of rotatable bonds is 8. The van der Waals surface area contributed by atoms with Crippen LogP contribution in [0.4, 0.5) is 4.39 Å². The summed E-state index contributed by atoms with van der Waals surface area (Å²) in [7, 11) is -2.48. The summed E-state index contributed by atoms with van der Waals surface area (Å²) in [4.78, 5) is 14.9. The third-order valence-corrected chi connectivity index (χ3v) is 6.32. The second-order valence-corrected chi connectivity index (χ2v) is 8.85. The third kappa shape index (κ3) is 5.26. The number of ether oxygens (including phenoxy) is 1. The highest BCUT2D eigenvalue weighted by molar-refractivity contribution is 7.89. The first kappa shape index (κ1) is 22.9. The standard InChI is InChI=1S/C22H18FN3O5S/c1-26(32(29,30)19-5-3-18(23)4-6-19)13-15-2-7-21(31-14-22(27)28)20(9-15)17-8-16(10-24)11-25-12-17/h2-9,11-12H,13-14H2,1H3,(H,27,28). The molecule has 1 N–H and O–H groups in total. The van der Waals surface area contributed by atoms with Gasteiger partial charge in [0.1, 0.15) is 17.6 Å². The van der Waals surface area contributed by atoms with Gasteiger partial charge in [0, 0.05) is 37.1 Å². The van der Waals surface area contributed by atoms with E-state index in [1.807, 2.05) is 6.07 Å². The Bertz CT molecular complexity index is 1290. The second kappa shape index (κ2) is 9.55. The number of hydrogen-bond acceptors (Lipinski definition) is 6. The monoisotopic (exact) mass is 455 g/mol. The number of hydrogen-bond donors (Lipinski definition) is 1. The molecule has 2 aromatic carbocycles. The van der Waals surface area contributed by atoms with Crippen molar-refractivity contribution in [3.05, 3.63) is 77.9 Å². The van der Waals surface area contributed by atoms with Crippen LogP contribution in [0, 0.1) is 17.1 Å². The van der Waals surface area contributed by atoms with Gasteiger partial charge in [0.2, 0.25) is 10.0 Å². The zero-order chi connectivity index (χ0) is 23.3. The summed E-state index contributed by atoms with van der Waals surface area (Å²) < 4.78 is 45.2. The normalized spacial score (nSPS) is 11.2. The van der Waals surface area contributed by atoms with Crippen LogP contribution in [0.3, 0.4) is 0 Å². The Labute approximate surface area is 184 Å². The Morgan fingerprint density at radius 1 is 1.19 bits per heavy atom. The van der Waals surface area contributed by atoms with Gasteiger partial charge < -0.3 is 9.84 Å². The summed E-state index contributed by atoms with van der Waals surface area (Å²) in [5.41, 5.74) is 1.85. The van der Waals surface area contributed by atoms with Crippen molar-refractivity contribution in [3.63, 3.8) is 0 Å². The van der Waals surface area contributed by atoms with E-state index in [-0.39, 0.29) is 17.2 Å². The van der Waals surface area contributed by atoms with Gasteiger partial charge in [-0.1, -0.05) is 6.07 Å². The Morgan fingerprint density at radius 3 is 2.56 bits per heavy atom. The van der Waals surface area contributed by atoms with Gasteiger partial charge >= 0.3 is 5.97 Å². The molecule has 8 nitrogen and oxygen atoms in total. The Balaban J connectivity index is 1.95. The molecule has 0 atom stereocenters. The number of pyridine rings is 1. The largest absolute Gasteiger partial charge is 0.481 e. The Morgan fingerprint density at radius 2 is 1.91 bits per heavy atom. The van der Waals surface area contributed by atoms with Gasteiger partial charge in [-0.15, -0.1) is 0 Å². The van der Waals surface area contributed by atoms with Gasteiger partial charge in [0.25, 0.3) is 0 Å². The maximum atomic E-state index is 13.2. The summed E-state index contributed by atoms with van der Waals surface area (Å²) in [6.07, 6.45) is 2.88. The number of nitrogens with zero attached hydrogens (tertiary/aromatic N) is 3. The average molecular weight is 455 g/mol. The van der Waals surface area contributed by atoms with Crippen LogP contribution in [0.2, 0.25) is 0 Å². The number of aliphatic carboxylic acids is 1. The first-order valence-electron chi connectivity index (χ1n) is 9.25. The van der Waals surface area contributed by atoms with E-state index >= 15 is 0 Å². The van der Waals surface area contributed by atoms with Gasteiger partial charge in [0.05, 0.1) is 10.5 Å². The van der Waals surface area contributed by atoms with Crippen molar-refractivity contribution in [2.75, 3.05) is 13.7 Å². The molecule has 0 aliphatic heterocycles. The van der Waals surface area contributed by atoms with E-state index in [4.69, 9.17) is 15.1 Å². The first-order chi connectivity index (χ1) is 15.2. The molecule has 0 bridgehead atoms. The number of aromatic nitrogens is 1. The molecule has 3 rings (SSSR count). The Hall–Kier alpha value is -3.81. The fourth-order valence-corrected chi connectivity index (χ4v) is 4.10. The molecule has 0 fully saturated rings. The quantitative estimate of drug-likeness (QED) is 0.554. The molecular weight excluding hydrogens is 437 g/mol. The zero-order valence-electron chi connectivity index (χ0n) is 16.9. The van der Waals surface area contributed by atoms with E-state index in [2.05, 4.69) is 4.98 Å². The zero-order valence-corrected chi connectivity index (χ0v) is 17.7. The molecule has 32 heavy (non-hydrogen) atoms. The predicted octanol–water partition coefficient (Wildman–Crippen LogP) is 3.04. The molecule has 0 aliphatic rings. The van der Waals surface area contributed by atoms with Crippen molar-refractivity contribution in [2.24, 2.45) is 0 Å². The molecular formula is C22H18FN3O5S. The first-order valence-corrected chi connectivity index (χ1v) is 10.7. The van der Waals surface area contributed by atoms with Crippen molar-refractivity contribution in [1.29, 1.82) is 5.26 Å². The maximum absolute atomic E-state index is 13.2. The topological polar surface area (TPSA) is 121 Å². The van der Waals surface area contributed by atoms with Crippen LogP contribution in [0.25, 0.3) is 11.1 Å². The summed E-state index contributed by atoms with van der Waals surface area (Å²) in [5, 5.41) is 18.1. The number of carbonyl (C=O) groups is 1. The molecule has 0 radical (unpaired) electrons. The van der Waals surface area contributed by atoms with Crippen molar-refractivity contribution in [2.45, 2.75) is 11.4 Å². The SMILES string of the molecule is CN(Cc1ccc(OCC(=O)O)c(-c2cncc(C#N)c2)c1)S(=O)(=O)c1ccc(F)cc1. The lowest BCUT2D eigenvalue weighted by atomic mass is 10.0. The fourth-order valence-electron chi connectivity index (χ4n) is 2.94. The summed E-state index contributed by atoms with van der Waals surface area (Å²) >= 11 is 0. The number of halogens is 1. The molecule has 0 unspecified atom stereocenters. The number of benzene rings is 2. The Kier molecular flexibility index (Phi) is 6.82. The van der Waals surface area contributed by atoms with Crippen LogP contribution >= 0.6 is 0 Å². The van der Waals surface area contributed by atoms with Crippen LogP contribution in [0.15, 0.2) is 65.8 Å². The van der Waals surface area contributed by atoms with E-state index < -0.39 is 28.4 Å². The van der Waals surface area contributed by atoms with Crippen LogP contribution in [0.1, 0.15) is 11.1 Å². The minimum atomic E-state index is -3.87. The van der Waals surface area contributed by atoms with Crippen molar-refractivity contribution < 1.29 is 27.4 Å². The van der Waals surface area contributed by atoms with Crippen LogP contribution in [-0.2, 0) is 21.4 Å². The lowest BCUT2D eigenvalue weighted by molar-refractivity contribution is -0.139.